The van der Waals surface area contributed by atoms with E-state index < -0.39 is 23.3 Å². The molecule has 0 aromatic heterocycles. The molecule has 0 aromatic carbocycles. The Morgan fingerprint density at radius 2 is 1.82 bits per heavy atom. The molecule has 0 spiro atoms. The lowest BCUT2D eigenvalue weighted by Gasteiger charge is -2.37. The number of carboxylic acids is 1. The largest absolute Gasteiger partial charge is 0.481 e. The summed E-state index contributed by atoms with van der Waals surface area (Å²) in [5.41, 5.74) is -1.64. The predicted molar refractivity (Wildman–Crippen MR) is 83.9 cm³/mol. The number of hydrogen-bond acceptors (Lipinski definition) is 4. The van der Waals surface area contributed by atoms with Gasteiger partial charge in [-0.15, -0.1) is 0 Å². The number of ether oxygens (including phenoxy) is 1. The summed E-state index contributed by atoms with van der Waals surface area (Å²) in [7, 11) is 0. The quantitative estimate of drug-likeness (QED) is 0.491. The van der Waals surface area contributed by atoms with Crippen molar-refractivity contribution in [3.8, 4) is 6.07 Å². The summed E-state index contributed by atoms with van der Waals surface area (Å²) >= 11 is 0. The number of hydrogen-bond donors (Lipinski definition) is 1. The first-order valence-electron chi connectivity index (χ1n) is 8.14. The van der Waals surface area contributed by atoms with Crippen molar-refractivity contribution in [1.82, 2.24) is 0 Å². The first-order chi connectivity index (χ1) is 10.3. The van der Waals surface area contributed by atoms with E-state index >= 15 is 0 Å². The fraction of sp³-hybridized carbons (Fsp3) is 0.824. The van der Waals surface area contributed by atoms with Crippen molar-refractivity contribution in [1.29, 1.82) is 5.26 Å². The summed E-state index contributed by atoms with van der Waals surface area (Å²) in [6.45, 7) is 9.43. The van der Waals surface area contributed by atoms with Crippen LogP contribution in [0.1, 0.15) is 60.3 Å². The number of rotatable bonds is 10. The molecule has 0 aliphatic carbocycles. The van der Waals surface area contributed by atoms with Gasteiger partial charge in [-0.3, -0.25) is 9.59 Å². The van der Waals surface area contributed by atoms with Gasteiger partial charge in [0.25, 0.3) is 0 Å². The summed E-state index contributed by atoms with van der Waals surface area (Å²) in [5, 5.41) is 19.4. The van der Waals surface area contributed by atoms with Gasteiger partial charge in [-0.25, -0.2) is 0 Å². The first-order valence-corrected chi connectivity index (χ1v) is 8.14. The molecule has 0 aliphatic heterocycles. The Kier molecular flexibility index (Phi) is 8.77. The number of nitriles is 1. The third-order valence-corrected chi connectivity index (χ3v) is 4.61. The SMILES string of the molecule is CCCCOC(=O)C(C#N)(C(C)CC)C(C(=O)O)C(C)CC. The van der Waals surface area contributed by atoms with E-state index in [1.165, 1.54) is 0 Å². The van der Waals surface area contributed by atoms with Crippen LogP contribution in [0.2, 0.25) is 0 Å². The zero-order valence-electron chi connectivity index (χ0n) is 14.4. The van der Waals surface area contributed by atoms with E-state index in [0.29, 0.717) is 19.3 Å². The highest BCUT2D eigenvalue weighted by atomic mass is 16.5. The summed E-state index contributed by atoms with van der Waals surface area (Å²) in [4.78, 5) is 24.4. The molecule has 0 heterocycles. The van der Waals surface area contributed by atoms with Crippen molar-refractivity contribution in [3.63, 3.8) is 0 Å². The molecule has 5 nitrogen and oxygen atoms in total. The van der Waals surface area contributed by atoms with Crippen LogP contribution in [0.15, 0.2) is 0 Å². The highest BCUT2D eigenvalue weighted by Gasteiger charge is 2.56. The van der Waals surface area contributed by atoms with Crippen LogP contribution in [0.5, 0.6) is 0 Å². The van der Waals surface area contributed by atoms with Gasteiger partial charge in [-0.1, -0.05) is 53.9 Å². The number of esters is 1. The summed E-state index contributed by atoms with van der Waals surface area (Å²) < 4.78 is 5.26. The lowest BCUT2D eigenvalue weighted by atomic mass is 9.62. The fourth-order valence-corrected chi connectivity index (χ4v) is 2.73. The third-order valence-electron chi connectivity index (χ3n) is 4.61. The Labute approximate surface area is 133 Å². The molecule has 0 saturated heterocycles. The van der Waals surface area contributed by atoms with E-state index in [1.54, 1.807) is 13.8 Å². The van der Waals surface area contributed by atoms with E-state index in [9.17, 15) is 20.0 Å². The van der Waals surface area contributed by atoms with Gasteiger partial charge in [0.05, 0.1) is 18.6 Å². The van der Waals surface area contributed by atoms with E-state index in [1.807, 2.05) is 26.8 Å². The average Bonchev–Trinajstić information content (AvgIpc) is 2.50. The third kappa shape index (κ3) is 4.22. The molecule has 0 aromatic rings. The number of carbonyl (C=O) groups excluding carboxylic acids is 1. The molecule has 1 N–H and O–H groups in total. The van der Waals surface area contributed by atoms with Gasteiger partial charge in [-0.05, 0) is 18.3 Å². The molecule has 4 atom stereocenters. The molecule has 0 fully saturated rings. The van der Waals surface area contributed by atoms with Gasteiger partial charge < -0.3 is 9.84 Å². The monoisotopic (exact) mass is 311 g/mol. The van der Waals surface area contributed by atoms with Crippen LogP contribution in [0.4, 0.5) is 0 Å². The maximum Gasteiger partial charge on any atom is 0.327 e. The number of carbonyl (C=O) groups is 2. The lowest BCUT2D eigenvalue weighted by Crippen LogP contribution is -2.49. The van der Waals surface area contributed by atoms with Gasteiger partial charge in [0.2, 0.25) is 0 Å². The molecular weight excluding hydrogens is 282 g/mol. The molecule has 22 heavy (non-hydrogen) atoms. The molecule has 0 aliphatic rings. The van der Waals surface area contributed by atoms with Crippen LogP contribution in [0.25, 0.3) is 0 Å². The van der Waals surface area contributed by atoms with E-state index in [4.69, 9.17) is 4.74 Å². The Bertz CT molecular complexity index is 415. The Balaban J connectivity index is 5.81. The van der Waals surface area contributed by atoms with Crippen molar-refractivity contribution in [2.24, 2.45) is 23.2 Å². The maximum atomic E-state index is 12.6. The van der Waals surface area contributed by atoms with Crippen molar-refractivity contribution >= 4 is 11.9 Å². The molecule has 0 saturated carbocycles. The van der Waals surface area contributed by atoms with Crippen LogP contribution in [0.3, 0.4) is 0 Å². The lowest BCUT2D eigenvalue weighted by molar-refractivity contribution is -0.169. The fourth-order valence-electron chi connectivity index (χ4n) is 2.73. The van der Waals surface area contributed by atoms with Gasteiger partial charge in [0, 0.05) is 0 Å². The minimum Gasteiger partial charge on any atom is -0.481 e. The number of nitrogens with zero attached hydrogens (tertiary/aromatic N) is 1. The molecule has 5 heteroatoms. The second-order valence-electron chi connectivity index (χ2n) is 5.98. The van der Waals surface area contributed by atoms with Crippen LogP contribution in [0, 0.1) is 34.5 Å². The number of unbranched alkanes of at least 4 members (excludes halogenated alkanes) is 1. The standard InChI is InChI=1S/C17H29NO4/c1-6-9-10-22-16(21)17(11-18,13(5)8-3)14(15(19)20)12(4)7-2/h12-14H,6-10H2,1-5H3,(H,19,20). The Morgan fingerprint density at radius 1 is 1.23 bits per heavy atom. The predicted octanol–water partition coefficient (Wildman–Crippen LogP) is 3.63. The molecular formula is C17H29NO4. The van der Waals surface area contributed by atoms with Crippen LogP contribution in [-0.2, 0) is 14.3 Å². The maximum absolute atomic E-state index is 12.6. The first kappa shape index (κ1) is 20.4. The number of carboxylic acid groups (broad SMARTS) is 1. The average molecular weight is 311 g/mol. The molecule has 0 bridgehead atoms. The van der Waals surface area contributed by atoms with Crippen LogP contribution >= 0.6 is 0 Å². The second kappa shape index (κ2) is 9.45. The molecule has 4 unspecified atom stereocenters. The molecule has 0 rings (SSSR count). The summed E-state index contributed by atoms with van der Waals surface area (Å²) in [6, 6.07) is 2.03. The Morgan fingerprint density at radius 3 is 2.18 bits per heavy atom. The van der Waals surface area contributed by atoms with Gasteiger partial charge in [0.15, 0.2) is 5.41 Å². The zero-order chi connectivity index (χ0) is 17.3. The van der Waals surface area contributed by atoms with Crippen LogP contribution < -0.4 is 0 Å². The van der Waals surface area contributed by atoms with Crippen molar-refractivity contribution in [2.45, 2.75) is 60.3 Å². The highest BCUT2D eigenvalue weighted by Crippen LogP contribution is 2.43. The molecule has 126 valence electrons. The second-order valence-corrected chi connectivity index (χ2v) is 5.98. The van der Waals surface area contributed by atoms with Crippen LogP contribution in [-0.4, -0.2) is 23.7 Å². The van der Waals surface area contributed by atoms with Crippen molar-refractivity contribution < 1.29 is 19.4 Å². The summed E-state index contributed by atoms with van der Waals surface area (Å²) in [5.74, 6) is -3.53. The van der Waals surface area contributed by atoms with E-state index in [0.717, 1.165) is 6.42 Å². The summed E-state index contributed by atoms with van der Waals surface area (Å²) in [6.07, 6.45) is 2.69. The molecule has 0 radical (unpaired) electrons. The molecule has 0 amide bonds. The minimum absolute atomic E-state index is 0.224. The highest BCUT2D eigenvalue weighted by molar-refractivity contribution is 5.87. The van der Waals surface area contributed by atoms with Gasteiger partial charge in [0.1, 0.15) is 0 Å². The van der Waals surface area contributed by atoms with E-state index in [2.05, 4.69) is 0 Å². The zero-order valence-corrected chi connectivity index (χ0v) is 14.4. The normalized spacial score (nSPS) is 17.6. The Hall–Kier alpha value is -1.57. The van der Waals surface area contributed by atoms with Crippen molar-refractivity contribution in [3.05, 3.63) is 0 Å². The van der Waals surface area contributed by atoms with Crippen molar-refractivity contribution in [2.75, 3.05) is 6.61 Å². The smallest absolute Gasteiger partial charge is 0.327 e. The number of aliphatic carboxylic acids is 1. The van der Waals surface area contributed by atoms with Gasteiger partial charge >= 0.3 is 11.9 Å². The topological polar surface area (TPSA) is 87.4 Å². The van der Waals surface area contributed by atoms with E-state index in [-0.39, 0.29) is 18.4 Å². The minimum atomic E-state index is -1.64. The van der Waals surface area contributed by atoms with Gasteiger partial charge in [-0.2, -0.15) is 5.26 Å².